The number of aliphatic carboxylic acids is 1. The van der Waals surface area contributed by atoms with Gasteiger partial charge in [0.15, 0.2) is 0 Å². The normalized spacial score (nSPS) is 11.2. The molecule has 1 aromatic heterocycles. The van der Waals surface area contributed by atoms with Gasteiger partial charge in [0, 0.05) is 11.4 Å². The van der Waals surface area contributed by atoms with Gasteiger partial charge < -0.3 is 9.84 Å². The van der Waals surface area contributed by atoms with E-state index in [2.05, 4.69) is 19.9 Å². The molecule has 0 aliphatic rings. The van der Waals surface area contributed by atoms with Crippen LogP contribution in [-0.2, 0) is 24.2 Å². The Hall–Kier alpha value is -2.79. The highest BCUT2D eigenvalue weighted by Crippen LogP contribution is 2.27. The van der Waals surface area contributed by atoms with E-state index in [9.17, 15) is 4.79 Å². The molecule has 0 aliphatic heterocycles. The summed E-state index contributed by atoms with van der Waals surface area (Å²) in [6.45, 7) is 8.75. The van der Waals surface area contributed by atoms with Gasteiger partial charge in [-0.15, -0.1) is 0 Å². The summed E-state index contributed by atoms with van der Waals surface area (Å²) >= 11 is 6.05. The van der Waals surface area contributed by atoms with Crippen LogP contribution in [-0.4, -0.2) is 20.9 Å². The monoisotopic (exact) mass is 440 g/mol. The van der Waals surface area contributed by atoms with Gasteiger partial charge in [0.05, 0.1) is 17.1 Å². The maximum absolute atomic E-state index is 10.9. The van der Waals surface area contributed by atoms with E-state index in [1.807, 2.05) is 54.9 Å². The van der Waals surface area contributed by atoms with Crippen LogP contribution in [0.2, 0.25) is 5.02 Å². The minimum atomic E-state index is -0.787. The van der Waals surface area contributed by atoms with Crippen molar-refractivity contribution in [3.8, 4) is 11.4 Å². The van der Waals surface area contributed by atoms with Crippen molar-refractivity contribution in [1.82, 2.24) is 9.78 Å². The fourth-order valence-electron chi connectivity index (χ4n) is 3.57. The van der Waals surface area contributed by atoms with Crippen LogP contribution in [0.25, 0.3) is 5.69 Å². The van der Waals surface area contributed by atoms with Gasteiger partial charge in [-0.1, -0.05) is 31.5 Å². The van der Waals surface area contributed by atoms with Gasteiger partial charge in [-0.05, 0) is 85.7 Å². The Morgan fingerprint density at radius 3 is 2.48 bits per heavy atom. The van der Waals surface area contributed by atoms with Crippen molar-refractivity contribution in [3.05, 3.63) is 75.6 Å². The number of hydrogen-bond acceptors (Lipinski definition) is 3. The lowest BCUT2D eigenvalue weighted by Gasteiger charge is -2.15. The molecule has 0 saturated carbocycles. The smallest absolute Gasteiger partial charge is 0.303 e. The van der Waals surface area contributed by atoms with Crippen LogP contribution in [0.5, 0.6) is 5.75 Å². The number of rotatable bonds is 9. The minimum absolute atomic E-state index is 0.124. The number of aryl methyl sites for hydroxylation is 1. The van der Waals surface area contributed by atoms with Gasteiger partial charge in [0.25, 0.3) is 0 Å². The molecule has 2 aromatic carbocycles. The summed E-state index contributed by atoms with van der Waals surface area (Å²) in [6.07, 6.45) is 1.54. The standard InChI is InChI=1S/C25H29ClN2O3/c1-16(2)13-21-14-23(28(27-21)22-9-7-20(26)8-10-22)15-31-24-11-5-19(6-12-25(29)30)17(3)18(24)4/h5,7-11,14,16H,6,12-13,15H2,1-4H3,(H,29,30). The Kier molecular flexibility index (Phi) is 7.39. The second-order valence-electron chi connectivity index (χ2n) is 8.27. The van der Waals surface area contributed by atoms with Crippen LogP contribution in [0.15, 0.2) is 42.5 Å². The Bertz CT molecular complexity index is 1060. The summed E-state index contributed by atoms with van der Waals surface area (Å²) in [5.74, 6) is 0.515. The van der Waals surface area contributed by atoms with Crippen molar-refractivity contribution in [3.63, 3.8) is 0 Å². The lowest BCUT2D eigenvalue weighted by atomic mass is 9.99. The molecule has 0 atom stereocenters. The number of nitrogens with zero attached hydrogens (tertiary/aromatic N) is 2. The number of halogens is 1. The van der Waals surface area contributed by atoms with Gasteiger partial charge in [0.1, 0.15) is 12.4 Å². The first-order valence-corrected chi connectivity index (χ1v) is 10.9. The van der Waals surface area contributed by atoms with Crippen molar-refractivity contribution >= 4 is 17.6 Å². The Balaban J connectivity index is 1.83. The summed E-state index contributed by atoms with van der Waals surface area (Å²) in [4.78, 5) is 10.9. The van der Waals surface area contributed by atoms with Gasteiger partial charge in [-0.25, -0.2) is 4.68 Å². The maximum Gasteiger partial charge on any atom is 0.303 e. The second kappa shape index (κ2) is 10.0. The predicted molar refractivity (Wildman–Crippen MR) is 123 cm³/mol. The van der Waals surface area contributed by atoms with E-state index in [4.69, 9.17) is 26.5 Å². The zero-order chi connectivity index (χ0) is 22.5. The molecular weight excluding hydrogens is 412 g/mol. The summed E-state index contributed by atoms with van der Waals surface area (Å²) in [5, 5.41) is 14.4. The highest BCUT2D eigenvalue weighted by Gasteiger charge is 2.14. The average Bonchev–Trinajstić information content (AvgIpc) is 3.10. The molecule has 1 heterocycles. The van der Waals surface area contributed by atoms with Crippen molar-refractivity contribution in [2.75, 3.05) is 0 Å². The van der Waals surface area contributed by atoms with E-state index >= 15 is 0 Å². The molecule has 0 spiro atoms. The lowest BCUT2D eigenvalue weighted by molar-refractivity contribution is -0.136. The first kappa shape index (κ1) is 22.9. The molecule has 0 amide bonds. The number of benzene rings is 2. The zero-order valence-corrected chi connectivity index (χ0v) is 19.2. The van der Waals surface area contributed by atoms with Gasteiger partial charge in [-0.3, -0.25) is 4.79 Å². The topological polar surface area (TPSA) is 64.3 Å². The molecule has 31 heavy (non-hydrogen) atoms. The summed E-state index contributed by atoms with van der Waals surface area (Å²) in [7, 11) is 0. The van der Waals surface area contributed by atoms with Crippen LogP contribution in [0.4, 0.5) is 0 Å². The van der Waals surface area contributed by atoms with E-state index in [0.29, 0.717) is 24.0 Å². The molecule has 0 bridgehead atoms. The third kappa shape index (κ3) is 5.88. The Morgan fingerprint density at radius 1 is 1.13 bits per heavy atom. The molecule has 5 nitrogen and oxygen atoms in total. The molecular formula is C25H29ClN2O3. The second-order valence-corrected chi connectivity index (χ2v) is 8.70. The summed E-state index contributed by atoms with van der Waals surface area (Å²) in [5.41, 5.74) is 6.08. The molecule has 0 radical (unpaired) electrons. The van der Waals surface area contributed by atoms with Gasteiger partial charge in [0.2, 0.25) is 0 Å². The number of carboxylic acids is 1. The first-order valence-electron chi connectivity index (χ1n) is 10.5. The van der Waals surface area contributed by atoms with Crippen LogP contribution < -0.4 is 4.74 Å². The Labute approximate surface area is 188 Å². The van der Waals surface area contributed by atoms with Crippen LogP contribution in [0.1, 0.15) is 48.3 Å². The van der Waals surface area contributed by atoms with E-state index in [1.165, 1.54) is 0 Å². The SMILES string of the molecule is Cc1c(CCC(=O)O)ccc(OCc2cc(CC(C)C)nn2-c2ccc(Cl)cc2)c1C. The van der Waals surface area contributed by atoms with E-state index < -0.39 is 5.97 Å². The molecule has 0 aliphatic carbocycles. The number of hydrogen-bond donors (Lipinski definition) is 1. The molecule has 3 rings (SSSR count). The van der Waals surface area contributed by atoms with Crippen LogP contribution >= 0.6 is 11.6 Å². The van der Waals surface area contributed by atoms with Crippen molar-refractivity contribution < 1.29 is 14.6 Å². The van der Waals surface area contributed by atoms with E-state index in [1.54, 1.807) is 0 Å². The zero-order valence-electron chi connectivity index (χ0n) is 18.5. The van der Waals surface area contributed by atoms with Crippen LogP contribution in [0.3, 0.4) is 0 Å². The van der Waals surface area contributed by atoms with Gasteiger partial charge in [-0.2, -0.15) is 5.10 Å². The third-order valence-corrected chi connectivity index (χ3v) is 5.61. The number of aromatic nitrogens is 2. The predicted octanol–water partition coefficient (Wildman–Crippen LogP) is 5.94. The maximum atomic E-state index is 10.9. The quantitative estimate of drug-likeness (QED) is 0.447. The Morgan fingerprint density at radius 2 is 1.84 bits per heavy atom. The average molecular weight is 441 g/mol. The van der Waals surface area contributed by atoms with Crippen LogP contribution in [0, 0.1) is 19.8 Å². The molecule has 1 N–H and O–H groups in total. The number of ether oxygens (including phenoxy) is 1. The summed E-state index contributed by atoms with van der Waals surface area (Å²) in [6, 6.07) is 13.6. The minimum Gasteiger partial charge on any atom is -0.487 e. The van der Waals surface area contributed by atoms with Crippen molar-refractivity contribution in [2.24, 2.45) is 5.92 Å². The molecule has 0 unspecified atom stereocenters. The first-order chi connectivity index (χ1) is 14.7. The highest BCUT2D eigenvalue weighted by molar-refractivity contribution is 6.30. The fourth-order valence-corrected chi connectivity index (χ4v) is 3.70. The summed E-state index contributed by atoms with van der Waals surface area (Å²) < 4.78 is 8.10. The van der Waals surface area contributed by atoms with Crippen molar-refractivity contribution in [2.45, 2.75) is 53.6 Å². The lowest BCUT2D eigenvalue weighted by Crippen LogP contribution is -2.07. The largest absolute Gasteiger partial charge is 0.487 e. The highest BCUT2D eigenvalue weighted by atomic mass is 35.5. The van der Waals surface area contributed by atoms with E-state index in [0.717, 1.165) is 45.9 Å². The van der Waals surface area contributed by atoms with E-state index in [-0.39, 0.29) is 6.42 Å². The molecule has 0 saturated heterocycles. The molecule has 3 aromatic rings. The third-order valence-electron chi connectivity index (χ3n) is 5.36. The fraction of sp³-hybridized carbons (Fsp3) is 0.360. The molecule has 0 fully saturated rings. The number of carboxylic acid groups (broad SMARTS) is 1. The molecule has 164 valence electrons. The number of carbonyl (C=O) groups is 1. The molecule has 6 heteroatoms. The van der Waals surface area contributed by atoms with Crippen molar-refractivity contribution in [1.29, 1.82) is 0 Å². The van der Waals surface area contributed by atoms with Gasteiger partial charge >= 0.3 is 5.97 Å².